The highest BCUT2D eigenvalue weighted by molar-refractivity contribution is 6.03. The number of benzene rings is 1. The molecule has 13 heteroatoms. The van der Waals surface area contributed by atoms with Crippen molar-refractivity contribution in [2.75, 3.05) is 5.32 Å². The zero-order valence-electron chi connectivity index (χ0n) is 16.9. The minimum Gasteiger partial charge on any atom is -0.382 e. The molecule has 1 aliphatic heterocycles. The number of halogens is 6. The van der Waals surface area contributed by atoms with E-state index in [0.717, 1.165) is 30.6 Å². The van der Waals surface area contributed by atoms with E-state index < -0.39 is 35.6 Å². The van der Waals surface area contributed by atoms with Gasteiger partial charge in [0.1, 0.15) is 17.2 Å². The topological polar surface area (TPSA) is 90.2 Å². The maximum Gasteiger partial charge on any atom is 0.417 e. The van der Waals surface area contributed by atoms with Crippen LogP contribution in [0.5, 0.6) is 0 Å². The molecular formula is C20H16F6N6O. The fourth-order valence-corrected chi connectivity index (χ4v) is 3.63. The third-order valence-electron chi connectivity index (χ3n) is 5.18. The van der Waals surface area contributed by atoms with Crippen molar-refractivity contribution in [3.05, 3.63) is 71.1 Å². The van der Waals surface area contributed by atoms with Crippen LogP contribution >= 0.6 is 0 Å². The van der Waals surface area contributed by atoms with Crippen LogP contribution in [0.1, 0.15) is 40.8 Å². The lowest BCUT2D eigenvalue weighted by molar-refractivity contribution is -0.137. The highest BCUT2D eigenvalue weighted by atomic mass is 19.4. The van der Waals surface area contributed by atoms with Crippen LogP contribution < -0.4 is 11.1 Å². The van der Waals surface area contributed by atoms with Gasteiger partial charge in [-0.2, -0.15) is 27.1 Å². The first-order valence-electron chi connectivity index (χ1n) is 9.45. The van der Waals surface area contributed by atoms with Crippen molar-refractivity contribution in [3.8, 4) is 0 Å². The predicted octanol–water partition coefficient (Wildman–Crippen LogP) is 4.12. The summed E-state index contributed by atoms with van der Waals surface area (Å²) in [5.41, 5.74) is 3.42. The molecule has 0 saturated heterocycles. The lowest BCUT2D eigenvalue weighted by Crippen LogP contribution is -2.37. The molecule has 1 amide bonds. The van der Waals surface area contributed by atoms with Crippen molar-refractivity contribution < 1.29 is 31.1 Å². The maximum absolute atomic E-state index is 14.7. The fourth-order valence-electron chi connectivity index (χ4n) is 3.63. The van der Waals surface area contributed by atoms with E-state index in [9.17, 15) is 31.1 Å². The minimum absolute atomic E-state index is 0.0331. The number of alkyl halides is 5. The largest absolute Gasteiger partial charge is 0.417 e. The van der Waals surface area contributed by atoms with Crippen LogP contribution in [0.25, 0.3) is 0 Å². The molecule has 1 aliphatic rings. The number of aromatic nitrogens is 3. The Labute approximate surface area is 182 Å². The maximum atomic E-state index is 14.7. The van der Waals surface area contributed by atoms with Gasteiger partial charge in [-0.05, 0) is 37.3 Å². The first kappa shape index (κ1) is 22.4. The number of hydrogen-bond donors (Lipinski definition) is 2. The summed E-state index contributed by atoms with van der Waals surface area (Å²) < 4.78 is 80.9. The first-order valence-corrected chi connectivity index (χ1v) is 9.45. The van der Waals surface area contributed by atoms with E-state index in [2.05, 4.69) is 15.4 Å². The molecule has 3 aromatic rings. The minimum atomic E-state index is -4.59. The molecule has 2 aromatic heterocycles. The van der Waals surface area contributed by atoms with Gasteiger partial charge in [0.25, 0.3) is 5.91 Å². The molecule has 0 unspecified atom stereocenters. The van der Waals surface area contributed by atoms with Crippen LogP contribution in [0.15, 0.2) is 47.7 Å². The summed E-state index contributed by atoms with van der Waals surface area (Å²) in [6.07, 6.45) is -2.79. The molecule has 0 aliphatic carbocycles. The molecular weight excluding hydrogens is 454 g/mol. The molecule has 0 saturated carbocycles. The number of fused-ring (bicyclic) bond motifs is 1. The number of nitrogens with zero attached hydrogens (tertiary/aromatic N) is 4. The number of hydrogen-bond acceptors (Lipinski definition) is 4. The van der Waals surface area contributed by atoms with Gasteiger partial charge in [-0.15, -0.1) is 0 Å². The van der Waals surface area contributed by atoms with Gasteiger partial charge in [0.05, 0.1) is 17.8 Å². The summed E-state index contributed by atoms with van der Waals surface area (Å²) in [5.74, 6) is -1.74. The Kier molecular flexibility index (Phi) is 5.21. The van der Waals surface area contributed by atoms with E-state index in [-0.39, 0.29) is 35.0 Å². The van der Waals surface area contributed by atoms with Gasteiger partial charge in [-0.1, -0.05) is 0 Å². The Morgan fingerprint density at radius 2 is 1.97 bits per heavy atom. The molecule has 0 spiro atoms. The molecule has 0 radical (unpaired) electrons. The Bertz CT molecular complexity index is 1260. The van der Waals surface area contributed by atoms with E-state index in [1.54, 1.807) is 0 Å². The molecule has 1 atom stereocenters. The second kappa shape index (κ2) is 7.67. The number of rotatable bonds is 4. The van der Waals surface area contributed by atoms with E-state index in [4.69, 9.17) is 5.73 Å². The Morgan fingerprint density at radius 3 is 2.61 bits per heavy atom. The molecule has 33 heavy (non-hydrogen) atoms. The number of nitrogens with one attached hydrogen (secondary N) is 1. The van der Waals surface area contributed by atoms with Crippen molar-refractivity contribution in [3.63, 3.8) is 0 Å². The summed E-state index contributed by atoms with van der Waals surface area (Å²) in [5, 5.41) is 5.88. The standard InChI is InChI=1S/C20H16F6N6O/c1-19(9-31-8-10(20(24,25)26)6-15(31)16(27)29-19)12-7-11(2-3-13(12)21)28-17(33)14-4-5-32(30-14)18(22)23/h2-8,18H,9H2,1H3,(H2,27,29)(H,28,33)/t19-/m1/s1. The molecule has 7 nitrogen and oxygen atoms in total. The van der Waals surface area contributed by atoms with E-state index in [1.807, 2.05) is 0 Å². The van der Waals surface area contributed by atoms with Gasteiger partial charge >= 0.3 is 12.7 Å². The Balaban J connectivity index is 1.64. The van der Waals surface area contributed by atoms with Crippen LogP contribution in [0.3, 0.4) is 0 Å². The highest BCUT2D eigenvalue weighted by Crippen LogP contribution is 2.38. The lowest BCUT2D eigenvalue weighted by atomic mass is 9.90. The van der Waals surface area contributed by atoms with Gasteiger partial charge in [0.2, 0.25) is 0 Å². The van der Waals surface area contributed by atoms with Gasteiger partial charge in [0.15, 0.2) is 5.69 Å². The smallest absolute Gasteiger partial charge is 0.382 e. The Hall–Kier alpha value is -3.77. The monoisotopic (exact) mass is 470 g/mol. The van der Waals surface area contributed by atoms with Gasteiger partial charge < -0.3 is 15.6 Å². The normalized spacial score (nSPS) is 18.2. The SMILES string of the molecule is C[C@]1(c2cc(NC(=O)c3ccn(C(F)F)n3)ccc2F)Cn2cc(C(F)(F)F)cc2C(N)=N1. The zero-order valence-corrected chi connectivity index (χ0v) is 16.9. The van der Waals surface area contributed by atoms with Crippen LogP contribution in [-0.2, 0) is 18.3 Å². The van der Waals surface area contributed by atoms with Crippen molar-refractivity contribution in [2.24, 2.45) is 10.7 Å². The summed E-state index contributed by atoms with van der Waals surface area (Å²) in [7, 11) is 0. The summed E-state index contributed by atoms with van der Waals surface area (Å²) in [6.45, 7) is -1.58. The molecule has 174 valence electrons. The molecule has 4 rings (SSSR count). The lowest BCUT2D eigenvalue weighted by Gasteiger charge is -2.32. The number of amidine groups is 1. The second-order valence-electron chi connectivity index (χ2n) is 7.62. The number of carbonyl (C=O) groups is 1. The van der Waals surface area contributed by atoms with Crippen LogP contribution in [0.2, 0.25) is 0 Å². The van der Waals surface area contributed by atoms with Crippen LogP contribution in [0.4, 0.5) is 32.0 Å². The number of aliphatic imine (C=N–C) groups is 1. The summed E-state index contributed by atoms with van der Waals surface area (Å²) in [6, 6.07) is 5.50. The third kappa shape index (κ3) is 4.17. The molecule has 3 heterocycles. The van der Waals surface area contributed by atoms with Crippen molar-refractivity contribution in [1.29, 1.82) is 0 Å². The molecule has 0 fully saturated rings. The van der Waals surface area contributed by atoms with Crippen molar-refractivity contribution >= 4 is 17.4 Å². The zero-order chi connectivity index (χ0) is 24.1. The van der Waals surface area contributed by atoms with E-state index in [0.29, 0.717) is 4.68 Å². The number of carbonyl (C=O) groups excluding carboxylic acids is 1. The van der Waals surface area contributed by atoms with Crippen molar-refractivity contribution in [1.82, 2.24) is 14.3 Å². The van der Waals surface area contributed by atoms with Crippen LogP contribution in [-0.4, -0.2) is 26.1 Å². The second-order valence-corrected chi connectivity index (χ2v) is 7.62. The molecule has 1 aromatic carbocycles. The number of anilines is 1. The summed E-state index contributed by atoms with van der Waals surface area (Å²) >= 11 is 0. The molecule has 3 N–H and O–H groups in total. The molecule has 0 bridgehead atoms. The van der Waals surface area contributed by atoms with E-state index in [1.165, 1.54) is 23.6 Å². The highest BCUT2D eigenvalue weighted by Gasteiger charge is 2.38. The van der Waals surface area contributed by atoms with Gasteiger partial charge in [0, 0.05) is 23.6 Å². The predicted molar refractivity (Wildman–Crippen MR) is 105 cm³/mol. The van der Waals surface area contributed by atoms with Gasteiger partial charge in [-0.25, -0.2) is 9.07 Å². The van der Waals surface area contributed by atoms with E-state index >= 15 is 0 Å². The number of amides is 1. The van der Waals surface area contributed by atoms with Crippen molar-refractivity contribution in [2.45, 2.75) is 31.7 Å². The third-order valence-corrected chi connectivity index (χ3v) is 5.18. The average molecular weight is 470 g/mol. The first-order chi connectivity index (χ1) is 15.4. The fraction of sp³-hybridized carbons (Fsp3) is 0.250. The average Bonchev–Trinajstić information content (AvgIpc) is 3.36. The quantitative estimate of drug-likeness (QED) is 0.562. The summed E-state index contributed by atoms with van der Waals surface area (Å²) in [4.78, 5) is 16.6. The Morgan fingerprint density at radius 1 is 1.24 bits per heavy atom. The number of nitrogens with two attached hydrogens (primary N) is 1. The van der Waals surface area contributed by atoms with Crippen LogP contribution in [0, 0.1) is 5.82 Å². The van der Waals surface area contributed by atoms with Gasteiger partial charge in [-0.3, -0.25) is 9.79 Å².